The van der Waals surface area contributed by atoms with Crippen LogP contribution in [-0.4, -0.2) is 97.9 Å². The molecule has 0 spiro atoms. The smallest absolute Gasteiger partial charge is 0.323 e. The van der Waals surface area contributed by atoms with E-state index in [2.05, 4.69) is 30.4 Å². The molecule has 0 bridgehead atoms. The zero-order chi connectivity index (χ0) is 32.9. The van der Waals surface area contributed by atoms with Gasteiger partial charge in [0.05, 0.1) is 39.0 Å². The lowest BCUT2D eigenvalue weighted by molar-refractivity contribution is -0.145. The van der Waals surface area contributed by atoms with E-state index in [-0.39, 0.29) is 45.0 Å². The summed E-state index contributed by atoms with van der Waals surface area (Å²) in [5, 5.41) is 24.6. The van der Waals surface area contributed by atoms with Crippen molar-refractivity contribution in [2.75, 3.05) is 37.2 Å². The Labute approximate surface area is 253 Å². The first-order valence-corrected chi connectivity index (χ1v) is 15.9. The van der Waals surface area contributed by atoms with E-state index in [9.17, 15) is 23.7 Å². The van der Waals surface area contributed by atoms with Crippen molar-refractivity contribution in [3.05, 3.63) is 6.33 Å². The van der Waals surface area contributed by atoms with Crippen LogP contribution in [0, 0.1) is 0 Å². The second-order valence-electron chi connectivity index (χ2n) is 9.73. The molecule has 2 atom stereocenters. The minimum atomic E-state index is -3.57. The summed E-state index contributed by atoms with van der Waals surface area (Å²) in [5.74, 6) is -2.56. The molecule has 0 unspecified atom stereocenters. The largest absolute Gasteiger partial charge is 0.481 e. The Morgan fingerprint density at radius 2 is 1.57 bits per heavy atom. The van der Waals surface area contributed by atoms with Crippen molar-refractivity contribution in [3.8, 4) is 0 Å². The number of carboxylic acid groups (broad SMARTS) is 2. The third-order valence-electron chi connectivity index (χ3n) is 5.79. The fourth-order valence-corrected chi connectivity index (χ4v) is 5.67. The van der Waals surface area contributed by atoms with Gasteiger partial charge in [-0.15, -0.1) is 0 Å². The summed E-state index contributed by atoms with van der Waals surface area (Å²) in [5.41, 5.74) is 7.05. The quantitative estimate of drug-likeness (QED) is 0.0755. The van der Waals surface area contributed by atoms with Gasteiger partial charge >= 0.3 is 23.9 Å². The summed E-state index contributed by atoms with van der Waals surface area (Å²) in [6.45, 7) is 7.26. The molecule has 19 heteroatoms. The fraction of sp³-hybridized carbons (Fsp3) is 0.640. The summed E-state index contributed by atoms with van der Waals surface area (Å²) in [7, 11) is -3.57. The van der Waals surface area contributed by atoms with Crippen LogP contribution >= 0.6 is 7.44 Å². The van der Waals surface area contributed by atoms with Gasteiger partial charge in [-0.05, 0) is 40.5 Å². The van der Waals surface area contributed by atoms with Crippen LogP contribution in [0.15, 0.2) is 6.33 Å². The zero-order valence-corrected chi connectivity index (χ0v) is 26.0. The molecule has 1 fully saturated rings. The van der Waals surface area contributed by atoms with Crippen molar-refractivity contribution in [3.63, 3.8) is 0 Å². The SMILES string of the molecule is CCOC(=O)[C@H](C)NP(=O)(COCCn1cnc2c(NC3CC3)nc(N)nc21)N[C@@H](C)C(=O)OCC.O=C(O)CCC(=O)O. The number of hydrogen-bond acceptors (Lipinski definition) is 13. The van der Waals surface area contributed by atoms with Crippen LogP contribution in [-0.2, 0) is 44.5 Å². The van der Waals surface area contributed by atoms with Gasteiger partial charge in [0.15, 0.2) is 17.0 Å². The third kappa shape index (κ3) is 12.4. The summed E-state index contributed by atoms with van der Waals surface area (Å²) in [4.78, 5) is 56.4. The van der Waals surface area contributed by atoms with Crippen LogP contribution in [0.1, 0.15) is 53.4 Å². The van der Waals surface area contributed by atoms with E-state index in [1.807, 2.05) is 0 Å². The van der Waals surface area contributed by atoms with Crippen LogP contribution in [0.4, 0.5) is 11.8 Å². The van der Waals surface area contributed by atoms with Crippen molar-refractivity contribution in [1.29, 1.82) is 0 Å². The molecular weight excluding hydrogens is 603 g/mol. The first-order valence-electron chi connectivity index (χ1n) is 14.0. The van der Waals surface area contributed by atoms with Crippen molar-refractivity contribution >= 4 is 54.3 Å². The van der Waals surface area contributed by atoms with Crippen LogP contribution < -0.4 is 21.2 Å². The van der Waals surface area contributed by atoms with E-state index in [1.165, 1.54) is 13.8 Å². The van der Waals surface area contributed by atoms with E-state index < -0.39 is 43.4 Å². The lowest BCUT2D eigenvalue weighted by Gasteiger charge is -2.26. The van der Waals surface area contributed by atoms with Crippen LogP contribution in [0.3, 0.4) is 0 Å². The molecule has 2 heterocycles. The highest BCUT2D eigenvalue weighted by atomic mass is 31.2. The maximum absolute atomic E-state index is 13.6. The molecule has 44 heavy (non-hydrogen) atoms. The Balaban J connectivity index is 0.000000742. The molecule has 0 radical (unpaired) electrons. The molecule has 18 nitrogen and oxygen atoms in total. The topological polar surface area (TPSA) is 259 Å². The standard InChI is InChI=1S/C21H35N8O6P.C4H6O4/c1-5-34-19(30)13(3)27-36(32,28-14(4)20(31)35-6-2)12-33-10-9-29-11-23-16-17(24-15-7-8-15)25-21(22)26-18(16)29;5-3(6)1-2-4(7)8/h11,13-15H,5-10,12H2,1-4H3,(H2,27,28,32)(H3,22,24,25,26);1-2H2,(H,5,6)(H,7,8)/t13-,14-;/m0./s1. The van der Waals surface area contributed by atoms with Gasteiger partial charge in [0, 0.05) is 12.6 Å². The summed E-state index contributed by atoms with van der Waals surface area (Å²) < 4.78 is 31.0. The van der Waals surface area contributed by atoms with Gasteiger partial charge in [0.1, 0.15) is 18.4 Å². The molecule has 2 aromatic rings. The van der Waals surface area contributed by atoms with E-state index >= 15 is 0 Å². The van der Waals surface area contributed by atoms with Crippen LogP contribution in [0.2, 0.25) is 0 Å². The Morgan fingerprint density at radius 1 is 1.02 bits per heavy atom. The molecule has 1 aliphatic rings. The molecule has 1 saturated carbocycles. The normalized spacial score (nSPS) is 14.2. The molecule has 7 N–H and O–H groups in total. The number of fused-ring (bicyclic) bond motifs is 1. The highest BCUT2D eigenvalue weighted by molar-refractivity contribution is 7.59. The third-order valence-corrected chi connectivity index (χ3v) is 7.94. The van der Waals surface area contributed by atoms with Crippen LogP contribution in [0.25, 0.3) is 11.2 Å². The number of nitrogens with zero attached hydrogens (tertiary/aromatic N) is 4. The molecule has 0 saturated heterocycles. The number of ether oxygens (including phenoxy) is 3. The number of hydrogen-bond donors (Lipinski definition) is 6. The predicted molar refractivity (Wildman–Crippen MR) is 158 cm³/mol. The number of rotatable bonds is 18. The number of esters is 2. The molecular formula is C25H41N8O10P. The first kappa shape index (κ1) is 36.3. The maximum atomic E-state index is 13.6. The van der Waals surface area contributed by atoms with Crippen molar-refractivity contribution < 1.29 is 48.2 Å². The molecule has 2 aromatic heterocycles. The number of aliphatic carboxylic acids is 2. The summed E-state index contributed by atoms with van der Waals surface area (Å²) in [6.07, 6.45) is 2.88. The number of nitrogen functional groups attached to an aromatic ring is 1. The molecule has 1 aliphatic carbocycles. The predicted octanol–water partition coefficient (Wildman–Crippen LogP) is 1.17. The fourth-order valence-electron chi connectivity index (χ4n) is 3.59. The van der Waals surface area contributed by atoms with Gasteiger partial charge < -0.3 is 40.0 Å². The van der Waals surface area contributed by atoms with E-state index in [0.29, 0.717) is 29.6 Å². The van der Waals surface area contributed by atoms with Gasteiger partial charge in [-0.3, -0.25) is 23.7 Å². The number of carbonyl (C=O) groups excluding carboxylic acids is 2. The minimum absolute atomic E-state index is 0.132. The Bertz CT molecular complexity index is 1290. The summed E-state index contributed by atoms with van der Waals surface area (Å²) in [6, 6.07) is -1.41. The molecule has 0 aliphatic heterocycles. The Hall–Kier alpha value is -3.86. The Kier molecular flexibility index (Phi) is 14.4. The number of nitrogens with one attached hydrogen (secondary N) is 3. The van der Waals surface area contributed by atoms with Crippen LogP contribution in [0.5, 0.6) is 0 Å². The van der Waals surface area contributed by atoms with E-state index in [1.54, 1.807) is 24.7 Å². The first-order chi connectivity index (χ1) is 20.8. The highest BCUT2D eigenvalue weighted by Crippen LogP contribution is 2.37. The maximum Gasteiger partial charge on any atom is 0.323 e. The average molecular weight is 645 g/mol. The number of carbonyl (C=O) groups is 4. The minimum Gasteiger partial charge on any atom is -0.481 e. The number of nitrogens with two attached hydrogens (primary N) is 1. The van der Waals surface area contributed by atoms with Gasteiger partial charge in [0.2, 0.25) is 13.4 Å². The molecule has 0 amide bonds. The van der Waals surface area contributed by atoms with E-state index in [0.717, 1.165) is 12.8 Å². The lowest BCUT2D eigenvalue weighted by atomic mass is 10.3. The van der Waals surface area contributed by atoms with Crippen molar-refractivity contribution in [2.24, 2.45) is 0 Å². The highest BCUT2D eigenvalue weighted by Gasteiger charge is 2.32. The van der Waals surface area contributed by atoms with E-state index in [4.69, 9.17) is 30.2 Å². The Morgan fingerprint density at radius 3 is 2.05 bits per heavy atom. The monoisotopic (exact) mass is 644 g/mol. The number of aromatic nitrogens is 4. The van der Waals surface area contributed by atoms with Crippen molar-refractivity contribution in [1.82, 2.24) is 29.7 Å². The zero-order valence-electron chi connectivity index (χ0n) is 25.1. The van der Waals surface area contributed by atoms with Gasteiger partial charge in [-0.2, -0.15) is 9.97 Å². The molecule has 3 rings (SSSR count). The molecule has 0 aromatic carbocycles. The number of carboxylic acids is 2. The van der Waals surface area contributed by atoms with Crippen molar-refractivity contribution in [2.45, 2.75) is 78.0 Å². The second-order valence-corrected chi connectivity index (χ2v) is 12.0. The molecule has 246 valence electrons. The summed E-state index contributed by atoms with van der Waals surface area (Å²) >= 11 is 0. The van der Waals surface area contributed by atoms with Gasteiger partial charge in [-0.25, -0.2) is 15.2 Å². The average Bonchev–Trinajstić information content (AvgIpc) is 3.67. The lowest BCUT2D eigenvalue weighted by Crippen LogP contribution is -2.42. The van der Waals surface area contributed by atoms with Gasteiger partial charge in [0.25, 0.3) is 0 Å². The number of imidazole rings is 1. The second kappa shape index (κ2) is 17.4. The van der Waals surface area contributed by atoms with Gasteiger partial charge in [-0.1, -0.05) is 0 Å². The number of anilines is 2.